The molecule has 0 fully saturated rings. The van der Waals surface area contributed by atoms with Gasteiger partial charge in [-0.2, -0.15) is 5.26 Å². The number of hydrogen-bond acceptors (Lipinski definition) is 3. The van der Waals surface area contributed by atoms with Gasteiger partial charge in [-0.05, 0) is 36.4 Å². The molecule has 0 saturated carbocycles. The maximum atomic E-state index is 13.5. The Morgan fingerprint density at radius 2 is 2.00 bits per heavy atom. The lowest BCUT2D eigenvalue weighted by molar-refractivity contribution is 0.186. The van der Waals surface area contributed by atoms with Gasteiger partial charge in [0.1, 0.15) is 17.7 Å². The number of nitriles is 1. The number of nitrogens with zero attached hydrogens (tertiary/aromatic N) is 1. The lowest BCUT2D eigenvalue weighted by Crippen LogP contribution is -2.14. The highest BCUT2D eigenvalue weighted by molar-refractivity contribution is 9.10. The van der Waals surface area contributed by atoms with Crippen molar-refractivity contribution < 1.29 is 13.9 Å². The Balaban J connectivity index is 2.13. The molecule has 0 aromatic heterocycles. The summed E-state index contributed by atoms with van der Waals surface area (Å²) in [6.07, 6.45) is -1.23. The lowest BCUT2D eigenvalue weighted by atomic mass is 10.1. The fourth-order valence-electron chi connectivity index (χ4n) is 1.85. The second-order valence-corrected chi connectivity index (χ2v) is 5.28. The maximum absolute atomic E-state index is 13.5. The molecule has 108 valence electrons. The summed E-state index contributed by atoms with van der Waals surface area (Å²) in [6.45, 7) is -0.0450. The van der Waals surface area contributed by atoms with Gasteiger partial charge in [-0.3, -0.25) is 0 Å². The topological polar surface area (TPSA) is 56.0 Å². The van der Waals surface area contributed by atoms with Crippen LogP contribution in [0.5, 0.6) is 0 Å². The molecule has 1 atom stereocenters. The van der Waals surface area contributed by atoms with E-state index in [0.717, 1.165) is 22.7 Å². The smallest absolute Gasteiger partial charge is 0.129 e. The molecule has 0 aliphatic heterocycles. The molecule has 0 saturated heterocycles. The Labute approximate surface area is 129 Å². The van der Waals surface area contributed by atoms with Crippen molar-refractivity contribution in [3.05, 3.63) is 63.6 Å². The van der Waals surface area contributed by atoms with E-state index in [0.29, 0.717) is 11.3 Å². The summed E-state index contributed by atoms with van der Waals surface area (Å²) in [5.41, 5.74) is 0.769. The summed E-state index contributed by atoms with van der Waals surface area (Å²) in [4.78, 5) is 0. The van der Waals surface area contributed by atoms with Crippen LogP contribution < -0.4 is 5.32 Å². The highest BCUT2D eigenvalue weighted by atomic mass is 79.9. The number of aliphatic hydroxyl groups is 1. The summed E-state index contributed by atoms with van der Waals surface area (Å²) in [5.74, 6) is -1.30. The minimum Gasteiger partial charge on any atom is -0.386 e. The van der Waals surface area contributed by atoms with Crippen molar-refractivity contribution in [2.45, 2.75) is 6.10 Å². The summed E-state index contributed by atoms with van der Waals surface area (Å²) in [5, 5.41) is 21.8. The molecular formula is C15H11BrF2N2O. The number of halogens is 3. The van der Waals surface area contributed by atoms with Crippen LogP contribution in [0.3, 0.4) is 0 Å². The zero-order chi connectivity index (χ0) is 15.4. The molecule has 1 unspecified atom stereocenters. The summed E-state index contributed by atoms with van der Waals surface area (Å²) >= 11 is 3.25. The molecule has 0 amide bonds. The Kier molecular flexibility index (Phi) is 4.89. The summed E-state index contributed by atoms with van der Waals surface area (Å²) in [6, 6.07) is 9.94. The van der Waals surface area contributed by atoms with E-state index >= 15 is 0 Å². The number of nitrogens with one attached hydrogen (secondary N) is 1. The van der Waals surface area contributed by atoms with E-state index in [1.54, 1.807) is 18.2 Å². The van der Waals surface area contributed by atoms with Gasteiger partial charge < -0.3 is 10.4 Å². The van der Waals surface area contributed by atoms with Gasteiger partial charge in [0.05, 0.1) is 17.4 Å². The molecule has 3 nitrogen and oxygen atoms in total. The molecule has 2 aromatic carbocycles. The van der Waals surface area contributed by atoms with Crippen LogP contribution in [0.1, 0.15) is 17.2 Å². The monoisotopic (exact) mass is 352 g/mol. The molecule has 21 heavy (non-hydrogen) atoms. The average molecular weight is 353 g/mol. The standard InChI is InChI=1S/C15H11BrF2N2O/c16-10-1-4-14(9(5-10)7-19)20-8-15(21)12-6-11(17)2-3-13(12)18/h1-6,15,20-21H,8H2. The Hall–Kier alpha value is -1.97. The van der Waals surface area contributed by atoms with Crippen molar-refractivity contribution in [3.8, 4) is 6.07 Å². The quantitative estimate of drug-likeness (QED) is 0.880. The van der Waals surface area contributed by atoms with Crippen LogP contribution in [0.4, 0.5) is 14.5 Å². The predicted octanol–water partition coefficient (Wildman–Crippen LogP) is 3.74. The number of aliphatic hydroxyl groups excluding tert-OH is 1. The van der Waals surface area contributed by atoms with E-state index in [1.165, 1.54) is 0 Å². The molecule has 2 N–H and O–H groups in total. The van der Waals surface area contributed by atoms with E-state index in [4.69, 9.17) is 5.26 Å². The maximum Gasteiger partial charge on any atom is 0.129 e. The number of hydrogen-bond donors (Lipinski definition) is 2. The molecule has 0 radical (unpaired) electrons. The van der Waals surface area contributed by atoms with Gasteiger partial charge in [-0.1, -0.05) is 15.9 Å². The van der Waals surface area contributed by atoms with Crippen LogP contribution in [0.15, 0.2) is 40.9 Å². The highest BCUT2D eigenvalue weighted by Gasteiger charge is 2.14. The van der Waals surface area contributed by atoms with Crippen LogP contribution in [0.2, 0.25) is 0 Å². The lowest BCUT2D eigenvalue weighted by Gasteiger charge is -2.15. The molecule has 0 heterocycles. The van der Waals surface area contributed by atoms with Crippen LogP contribution in [-0.2, 0) is 0 Å². The van der Waals surface area contributed by atoms with Crippen molar-refractivity contribution in [3.63, 3.8) is 0 Å². The van der Waals surface area contributed by atoms with E-state index in [-0.39, 0.29) is 12.1 Å². The molecule has 0 aliphatic rings. The zero-order valence-corrected chi connectivity index (χ0v) is 12.4. The van der Waals surface area contributed by atoms with Gasteiger partial charge >= 0.3 is 0 Å². The average Bonchev–Trinajstić information content (AvgIpc) is 2.48. The highest BCUT2D eigenvalue weighted by Crippen LogP contribution is 2.23. The molecule has 2 rings (SSSR count). The molecule has 2 aromatic rings. The van der Waals surface area contributed by atoms with E-state index < -0.39 is 17.7 Å². The van der Waals surface area contributed by atoms with Gasteiger partial charge in [0, 0.05) is 16.6 Å². The van der Waals surface area contributed by atoms with Crippen molar-refractivity contribution in [2.24, 2.45) is 0 Å². The third kappa shape index (κ3) is 3.78. The predicted molar refractivity (Wildman–Crippen MR) is 78.7 cm³/mol. The van der Waals surface area contributed by atoms with Crippen molar-refractivity contribution in [1.82, 2.24) is 0 Å². The van der Waals surface area contributed by atoms with Crippen LogP contribution >= 0.6 is 15.9 Å². The first kappa shape index (κ1) is 15.4. The summed E-state index contributed by atoms with van der Waals surface area (Å²) in [7, 11) is 0. The first-order valence-corrected chi connectivity index (χ1v) is 6.87. The fraction of sp³-hybridized carbons (Fsp3) is 0.133. The van der Waals surface area contributed by atoms with Gasteiger partial charge in [0.25, 0.3) is 0 Å². The Morgan fingerprint density at radius 3 is 2.71 bits per heavy atom. The minimum atomic E-state index is -1.23. The molecular weight excluding hydrogens is 342 g/mol. The largest absolute Gasteiger partial charge is 0.386 e. The molecule has 6 heteroatoms. The van der Waals surface area contributed by atoms with Gasteiger partial charge in [-0.15, -0.1) is 0 Å². The fourth-order valence-corrected chi connectivity index (χ4v) is 2.21. The second-order valence-electron chi connectivity index (χ2n) is 4.36. The van der Waals surface area contributed by atoms with Crippen molar-refractivity contribution in [2.75, 3.05) is 11.9 Å². The van der Waals surface area contributed by atoms with Crippen molar-refractivity contribution >= 4 is 21.6 Å². The van der Waals surface area contributed by atoms with Crippen LogP contribution in [-0.4, -0.2) is 11.7 Å². The Morgan fingerprint density at radius 1 is 1.24 bits per heavy atom. The van der Waals surface area contributed by atoms with Gasteiger partial charge in [-0.25, -0.2) is 8.78 Å². The van der Waals surface area contributed by atoms with E-state index in [2.05, 4.69) is 21.2 Å². The summed E-state index contributed by atoms with van der Waals surface area (Å²) < 4.78 is 27.4. The van der Waals surface area contributed by atoms with Gasteiger partial charge in [0.2, 0.25) is 0 Å². The number of anilines is 1. The molecule has 0 aliphatic carbocycles. The zero-order valence-electron chi connectivity index (χ0n) is 10.8. The number of benzene rings is 2. The normalized spacial score (nSPS) is 11.8. The molecule has 0 spiro atoms. The van der Waals surface area contributed by atoms with Crippen LogP contribution in [0.25, 0.3) is 0 Å². The van der Waals surface area contributed by atoms with Crippen molar-refractivity contribution in [1.29, 1.82) is 5.26 Å². The first-order chi connectivity index (χ1) is 10.0. The SMILES string of the molecule is N#Cc1cc(Br)ccc1NCC(O)c1cc(F)ccc1F. The third-order valence-electron chi connectivity index (χ3n) is 2.90. The minimum absolute atomic E-state index is 0.0450. The third-order valence-corrected chi connectivity index (χ3v) is 3.40. The van der Waals surface area contributed by atoms with E-state index in [1.807, 2.05) is 6.07 Å². The van der Waals surface area contributed by atoms with Gasteiger partial charge in [0.15, 0.2) is 0 Å². The molecule has 0 bridgehead atoms. The number of rotatable bonds is 4. The van der Waals surface area contributed by atoms with E-state index in [9.17, 15) is 13.9 Å². The van der Waals surface area contributed by atoms with Crippen LogP contribution in [0, 0.1) is 23.0 Å². The second kappa shape index (κ2) is 6.66. The first-order valence-electron chi connectivity index (χ1n) is 6.08. The Bertz CT molecular complexity index is 701.